The first-order chi connectivity index (χ1) is 11.7. The van der Waals surface area contributed by atoms with E-state index in [4.69, 9.17) is 4.74 Å². The van der Waals surface area contributed by atoms with E-state index in [0.29, 0.717) is 6.54 Å². The molecule has 2 aromatic carbocycles. The van der Waals surface area contributed by atoms with Gasteiger partial charge in [-0.1, -0.05) is 6.07 Å². The fraction of sp³-hybridized carbons (Fsp3) is 0.368. The number of hydrogen-bond acceptors (Lipinski definition) is 5. The Labute approximate surface area is 155 Å². The van der Waals surface area contributed by atoms with Crippen LogP contribution in [-0.4, -0.2) is 39.9 Å². The smallest absolute Gasteiger partial charge is 0.151 e. The zero-order valence-electron chi connectivity index (χ0n) is 15.4. The van der Waals surface area contributed by atoms with E-state index in [0.717, 1.165) is 22.6 Å². The zero-order valence-corrected chi connectivity index (χ0v) is 17.0. The van der Waals surface area contributed by atoms with E-state index in [1.165, 1.54) is 16.7 Å². The summed E-state index contributed by atoms with van der Waals surface area (Å²) in [5, 5.41) is 0. The predicted molar refractivity (Wildman–Crippen MR) is 105 cm³/mol. The SMILES string of the molecule is CSc1ccc(Oc2ccc(CS(C)(=O)=O)cc2CN(C)C)cc1C. The third-order valence-corrected chi connectivity index (χ3v) is 5.39. The monoisotopic (exact) mass is 379 g/mol. The minimum absolute atomic E-state index is 0.0369. The van der Waals surface area contributed by atoms with E-state index in [1.807, 2.05) is 49.3 Å². The van der Waals surface area contributed by atoms with E-state index >= 15 is 0 Å². The summed E-state index contributed by atoms with van der Waals surface area (Å²) in [6, 6.07) is 11.6. The van der Waals surface area contributed by atoms with E-state index < -0.39 is 9.84 Å². The van der Waals surface area contributed by atoms with E-state index in [-0.39, 0.29) is 5.75 Å². The average molecular weight is 380 g/mol. The fourth-order valence-electron chi connectivity index (χ4n) is 2.63. The van der Waals surface area contributed by atoms with Crippen LogP contribution < -0.4 is 4.74 Å². The van der Waals surface area contributed by atoms with Gasteiger partial charge in [-0.25, -0.2) is 8.42 Å². The lowest BCUT2D eigenvalue weighted by molar-refractivity contribution is 0.388. The van der Waals surface area contributed by atoms with Crippen molar-refractivity contribution in [2.75, 3.05) is 26.6 Å². The fourth-order valence-corrected chi connectivity index (χ4v) is 4.00. The molecule has 2 rings (SSSR count). The van der Waals surface area contributed by atoms with Crippen LogP contribution in [-0.2, 0) is 22.1 Å². The molecule has 6 heteroatoms. The molecule has 0 atom stereocenters. The van der Waals surface area contributed by atoms with Crippen molar-refractivity contribution in [3.8, 4) is 11.5 Å². The van der Waals surface area contributed by atoms with Crippen LogP contribution in [0.15, 0.2) is 41.3 Å². The molecule has 0 fully saturated rings. The van der Waals surface area contributed by atoms with Gasteiger partial charge < -0.3 is 9.64 Å². The van der Waals surface area contributed by atoms with Crippen LogP contribution in [0.4, 0.5) is 0 Å². The van der Waals surface area contributed by atoms with Gasteiger partial charge in [0.2, 0.25) is 0 Å². The van der Waals surface area contributed by atoms with Gasteiger partial charge in [-0.15, -0.1) is 11.8 Å². The number of hydrogen-bond donors (Lipinski definition) is 0. The molecule has 0 radical (unpaired) electrons. The Morgan fingerprint density at radius 1 is 1.12 bits per heavy atom. The second-order valence-electron chi connectivity index (χ2n) is 6.48. The summed E-state index contributed by atoms with van der Waals surface area (Å²) in [4.78, 5) is 3.26. The summed E-state index contributed by atoms with van der Waals surface area (Å²) in [6.45, 7) is 2.74. The largest absolute Gasteiger partial charge is 0.457 e. The maximum absolute atomic E-state index is 11.6. The van der Waals surface area contributed by atoms with Gasteiger partial charge in [-0.3, -0.25) is 0 Å². The lowest BCUT2D eigenvalue weighted by Gasteiger charge is -2.17. The summed E-state index contributed by atoms with van der Waals surface area (Å²) < 4.78 is 29.2. The van der Waals surface area contributed by atoms with E-state index in [2.05, 4.69) is 19.2 Å². The van der Waals surface area contributed by atoms with Crippen molar-refractivity contribution >= 4 is 21.6 Å². The molecule has 136 valence electrons. The quantitative estimate of drug-likeness (QED) is 0.677. The van der Waals surface area contributed by atoms with Crippen molar-refractivity contribution in [1.82, 2.24) is 4.90 Å². The Morgan fingerprint density at radius 2 is 1.84 bits per heavy atom. The lowest BCUT2D eigenvalue weighted by Crippen LogP contribution is -2.12. The van der Waals surface area contributed by atoms with Gasteiger partial charge in [0.25, 0.3) is 0 Å². The molecule has 0 spiro atoms. The molecular weight excluding hydrogens is 354 g/mol. The summed E-state index contributed by atoms with van der Waals surface area (Å²) >= 11 is 1.71. The van der Waals surface area contributed by atoms with Crippen LogP contribution >= 0.6 is 11.8 Å². The number of sulfone groups is 1. The second-order valence-corrected chi connectivity index (χ2v) is 9.47. The molecule has 0 saturated heterocycles. The maximum atomic E-state index is 11.6. The van der Waals surface area contributed by atoms with Crippen LogP contribution in [0.1, 0.15) is 16.7 Å². The van der Waals surface area contributed by atoms with E-state index in [9.17, 15) is 8.42 Å². The molecule has 2 aromatic rings. The predicted octanol–water partition coefficient (Wildman–Crippen LogP) is 4.12. The Balaban J connectivity index is 2.33. The highest BCUT2D eigenvalue weighted by molar-refractivity contribution is 7.98. The summed E-state index contributed by atoms with van der Waals surface area (Å²) in [5.41, 5.74) is 2.92. The number of rotatable bonds is 7. The zero-order chi connectivity index (χ0) is 18.6. The third-order valence-electron chi connectivity index (χ3n) is 3.63. The van der Waals surface area contributed by atoms with Gasteiger partial charge in [0, 0.05) is 23.3 Å². The van der Waals surface area contributed by atoms with Crippen LogP contribution in [0.2, 0.25) is 0 Å². The van der Waals surface area contributed by atoms with Crippen molar-refractivity contribution in [3.63, 3.8) is 0 Å². The van der Waals surface area contributed by atoms with Crippen LogP contribution in [0.25, 0.3) is 0 Å². The molecule has 0 heterocycles. The number of nitrogens with zero attached hydrogens (tertiary/aromatic N) is 1. The summed E-state index contributed by atoms with van der Waals surface area (Å²) in [5.74, 6) is 1.57. The van der Waals surface area contributed by atoms with Crippen molar-refractivity contribution in [1.29, 1.82) is 0 Å². The number of ether oxygens (including phenoxy) is 1. The molecular formula is C19H25NO3S2. The number of benzene rings is 2. The van der Waals surface area contributed by atoms with Gasteiger partial charge in [-0.05, 0) is 68.7 Å². The number of aryl methyl sites for hydroxylation is 1. The van der Waals surface area contributed by atoms with Crippen LogP contribution in [0.3, 0.4) is 0 Å². The van der Waals surface area contributed by atoms with Gasteiger partial charge >= 0.3 is 0 Å². The highest BCUT2D eigenvalue weighted by Crippen LogP contribution is 2.30. The van der Waals surface area contributed by atoms with Crippen LogP contribution in [0.5, 0.6) is 11.5 Å². The van der Waals surface area contributed by atoms with Crippen molar-refractivity contribution in [2.24, 2.45) is 0 Å². The lowest BCUT2D eigenvalue weighted by atomic mass is 10.1. The average Bonchev–Trinajstić information content (AvgIpc) is 2.48. The first-order valence-corrected chi connectivity index (χ1v) is 11.2. The second kappa shape index (κ2) is 8.25. The topological polar surface area (TPSA) is 46.6 Å². The molecule has 0 aliphatic rings. The molecule has 0 unspecified atom stereocenters. The highest BCUT2D eigenvalue weighted by Gasteiger charge is 2.11. The van der Waals surface area contributed by atoms with Crippen molar-refractivity contribution in [3.05, 3.63) is 53.1 Å². The highest BCUT2D eigenvalue weighted by atomic mass is 32.2. The summed E-state index contributed by atoms with van der Waals surface area (Å²) in [6.07, 6.45) is 3.30. The normalized spacial score (nSPS) is 11.8. The Bertz CT molecular complexity index is 846. The molecule has 0 bridgehead atoms. The van der Waals surface area contributed by atoms with Crippen molar-refractivity contribution in [2.45, 2.75) is 24.1 Å². The molecule has 0 aromatic heterocycles. The first kappa shape index (κ1) is 19.8. The minimum Gasteiger partial charge on any atom is -0.457 e. The van der Waals surface area contributed by atoms with Crippen molar-refractivity contribution < 1.29 is 13.2 Å². The minimum atomic E-state index is -3.06. The number of thioether (sulfide) groups is 1. The Morgan fingerprint density at radius 3 is 2.40 bits per heavy atom. The standard InChI is InChI=1S/C19H25NO3S2/c1-14-10-17(7-9-19(14)24-4)23-18-8-6-15(13-25(5,21)22)11-16(18)12-20(2)3/h6-11H,12-13H2,1-5H3. The van der Waals surface area contributed by atoms with Gasteiger partial charge in [0.15, 0.2) is 9.84 Å². The summed E-state index contributed by atoms with van der Waals surface area (Å²) in [7, 11) is 0.889. The molecule has 0 amide bonds. The Hall–Kier alpha value is -1.50. The van der Waals surface area contributed by atoms with Gasteiger partial charge in [0.1, 0.15) is 11.5 Å². The first-order valence-electron chi connectivity index (χ1n) is 7.94. The maximum Gasteiger partial charge on any atom is 0.151 e. The van der Waals surface area contributed by atoms with Crippen LogP contribution in [0, 0.1) is 6.92 Å². The Kier molecular flexibility index (Phi) is 6.54. The molecule has 4 nitrogen and oxygen atoms in total. The molecule has 0 saturated carbocycles. The molecule has 0 aliphatic carbocycles. The van der Waals surface area contributed by atoms with E-state index in [1.54, 1.807) is 11.8 Å². The molecule has 0 N–H and O–H groups in total. The molecule has 25 heavy (non-hydrogen) atoms. The van der Waals surface area contributed by atoms with Gasteiger partial charge in [-0.2, -0.15) is 0 Å². The molecule has 0 aliphatic heterocycles. The third kappa shape index (κ3) is 6.06. The van der Waals surface area contributed by atoms with Gasteiger partial charge in [0.05, 0.1) is 5.75 Å².